The number of methoxy groups -OCH3 is 1. The lowest BCUT2D eigenvalue weighted by Gasteiger charge is -2.13. The number of carbonyl (C=O) groups is 1. The van der Waals surface area contributed by atoms with Crippen molar-refractivity contribution < 1.29 is 27.4 Å². The van der Waals surface area contributed by atoms with Gasteiger partial charge in [0.2, 0.25) is 11.8 Å². The zero-order chi connectivity index (χ0) is 26.6. The zero-order valence-electron chi connectivity index (χ0n) is 20.1. The van der Waals surface area contributed by atoms with E-state index < -0.39 is 17.6 Å². The van der Waals surface area contributed by atoms with Gasteiger partial charge in [-0.15, -0.1) is 0 Å². The third-order valence-corrected chi connectivity index (χ3v) is 5.19. The van der Waals surface area contributed by atoms with Crippen LogP contribution in [0.5, 0.6) is 17.5 Å². The van der Waals surface area contributed by atoms with E-state index in [4.69, 9.17) is 9.47 Å². The number of rotatable bonds is 7. The number of alkyl halides is 3. The molecule has 1 aromatic carbocycles. The molecule has 0 bridgehead atoms. The molecule has 0 fully saturated rings. The molecule has 0 atom stereocenters. The Hall–Kier alpha value is -4.54. The smallest absolute Gasteiger partial charge is 0.416 e. The minimum Gasteiger partial charge on any atom is -0.497 e. The number of benzene rings is 1. The first kappa shape index (κ1) is 25.5. The van der Waals surface area contributed by atoms with Crippen LogP contribution in [0.4, 0.5) is 18.9 Å². The maximum atomic E-state index is 13.2. The minimum absolute atomic E-state index is 0.0429. The Kier molecular flexibility index (Phi) is 7.32. The maximum Gasteiger partial charge on any atom is 0.416 e. The standard InChI is InChI=1S/C26H22F3N5O3/c1-4-22-30-9-7-21(34-22)20-6-5-8-31-25(20)37-23-11-16(10-15(2)32-23)24(35)33-18-12-17(26(27,28)29)13-19(14-18)36-3/h5-14H,4H2,1-3H3,(H,33,35). The molecule has 4 rings (SSSR count). The van der Waals surface area contributed by atoms with Crippen LogP contribution in [0.15, 0.2) is 60.9 Å². The molecular formula is C26H22F3N5O3. The average Bonchev–Trinajstić information content (AvgIpc) is 2.88. The summed E-state index contributed by atoms with van der Waals surface area (Å²) in [5.74, 6) is 0.262. The predicted molar refractivity (Wildman–Crippen MR) is 130 cm³/mol. The molecule has 3 heterocycles. The second-order valence-electron chi connectivity index (χ2n) is 7.91. The molecule has 1 amide bonds. The second-order valence-corrected chi connectivity index (χ2v) is 7.91. The molecule has 0 aliphatic rings. The Balaban J connectivity index is 1.62. The van der Waals surface area contributed by atoms with Crippen molar-refractivity contribution in [1.29, 1.82) is 0 Å². The van der Waals surface area contributed by atoms with E-state index in [1.807, 2.05) is 6.92 Å². The fourth-order valence-corrected chi connectivity index (χ4v) is 3.46. The van der Waals surface area contributed by atoms with Gasteiger partial charge in [0.15, 0.2) is 0 Å². The first-order chi connectivity index (χ1) is 17.7. The zero-order valence-corrected chi connectivity index (χ0v) is 20.1. The number of hydrogen-bond acceptors (Lipinski definition) is 7. The summed E-state index contributed by atoms with van der Waals surface area (Å²) in [6, 6.07) is 11.1. The van der Waals surface area contributed by atoms with Crippen LogP contribution in [0.1, 0.15) is 34.4 Å². The third-order valence-electron chi connectivity index (χ3n) is 5.19. The summed E-state index contributed by atoms with van der Waals surface area (Å²) in [7, 11) is 1.24. The van der Waals surface area contributed by atoms with Gasteiger partial charge in [0.25, 0.3) is 5.91 Å². The van der Waals surface area contributed by atoms with E-state index in [0.29, 0.717) is 29.2 Å². The summed E-state index contributed by atoms with van der Waals surface area (Å²) in [4.78, 5) is 30.3. The number of aromatic nitrogens is 4. The Morgan fingerprint density at radius 3 is 2.57 bits per heavy atom. The number of amides is 1. The van der Waals surface area contributed by atoms with E-state index in [9.17, 15) is 18.0 Å². The van der Waals surface area contributed by atoms with Crippen molar-refractivity contribution >= 4 is 11.6 Å². The summed E-state index contributed by atoms with van der Waals surface area (Å²) in [5.41, 5.74) is 0.777. The van der Waals surface area contributed by atoms with Crippen molar-refractivity contribution in [1.82, 2.24) is 19.9 Å². The van der Waals surface area contributed by atoms with Crippen LogP contribution in [0.2, 0.25) is 0 Å². The molecule has 37 heavy (non-hydrogen) atoms. The van der Waals surface area contributed by atoms with Crippen LogP contribution in [-0.2, 0) is 12.6 Å². The second kappa shape index (κ2) is 10.6. The van der Waals surface area contributed by atoms with Crippen LogP contribution < -0.4 is 14.8 Å². The van der Waals surface area contributed by atoms with E-state index in [1.54, 1.807) is 37.5 Å². The van der Waals surface area contributed by atoms with Gasteiger partial charge < -0.3 is 14.8 Å². The molecule has 0 saturated carbocycles. The number of pyridine rings is 2. The quantitative estimate of drug-likeness (QED) is 0.332. The lowest BCUT2D eigenvalue weighted by molar-refractivity contribution is -0.137. The molecular weight excluding hydrogens is 487 g/mol. The molecule has 3 aromatic heterocycles. The van der Waals surface area contributed by atoms with Crippen molar-refractivity contribution in [3.05, 3.63) is 83.6 Å². The molecule has 8 nitrogen and oxygen atoms in total. The van der Waals surface area contributed by atoms with E-state index >= 15 is 0 Å². The monoisotopic (exact) mass is 509 g/mol. The number of nitrogens with one attached hydrogen (secondary N) is 1. The highest BCUT2D eigenvalue weighted by molar-refractivity contribution is 6.04. The minimum atomic E-state index is -4.61. The van der Waals surface area contributed by atoms with Crippen LogP contribution in [-0.4, -0.2) is 33.0 Å². The molecule has 0 spiro atoms. The van der Waals surface area contributed by atoms with Gasteiger partial charge in [-0.3, -0.25) is 4.79 Å². The lowest BCUT2D eigenvalue weighted by Crippen LogP contribution is -2.14. The van der Waals surface area contributed by atoms with Crippen LogP contribution in [0.25, 0.3) is 11.3 Å². The van der Waals surface area contributed by atoms with E-state index in [2.05, 4.69) is 25.3 Å². The molecule has 4 aromatic rings. The van der Waals surface area contributed by atoms with E-state index in [0.717, 1.165) is 12.1 Å². The first-order valence-corrected chi connectivity index (χ1v) is 11.2. The molecule has 0 aliphatic carbocycles. The highest BCUT2D eigenvalue weighted by Gasteiger charge is 2.31. The van der Waals surface area contributed by atoms with Gasteiger partial charge in [-0.25, -0.2) is 19.9 Å². The topological polar surface area (TPSA) is 99.1 Å². The Bertz CT molecular complexity index is 1440. The van der Waals surface area contributed by atoms with Crippen LogP contribution >= 0.6 is 0 Å². The van der Waals surface area contributed by atoms with E-state index in [1.165, 1.54) is 25.3 Å². The predicted octanol–water partition coefficient (Wildman–Crippen LogP) is 5.88. The molecule has 190 valence electrons. The largest absolute Gasteiger partial charge is 0.497 e. The first-order valence-electron chi connectivity index (χ1n) is 11.2. The highest BCUT2D eigenvalue weighted by atomic mass is 19.4. The summed E-state index contributed by atoms with van der Waals surface area (Å²) < 4.78 is 50.6. The molecule has 1 N–H and O–H groups in total. The van der Waals surface area contributed by atoms with E-state index in [-0.39, 0.29) is 28.8 Å². The number of halogens is 3. The van der Waals surface area contributed by atoms with Gasteiger partial charge in [0.1, 0.15) is 11.6 Å². The van der Waals surface area contributed by atoms with Crippen molar-refractivity contribution in [3.63, 3.8) is 0 Å². The highest BCUT2D eigenvalue weighted by Crippen LogP contribution is 2.34. The fourth-order valence-electron chi connectivity index (χ4n) is 3.46. The van der Waals surface area contributed by atoms with Gasteiger partial charge >= 0.3 is 6.18 Å². The molecule has 0 unspecified atom stereocenters. The molecule has 0 saturated heterocycles. The van der Waals surface area contributed by atoms with Crippen LogP contribution in [0, 0.1) is 6.92 Å². The van der Waals surface area contributed by atoms with Gasteiger partial charge in [0.05, 0.1) is 23.9 Å². The lowest BCUT2D eigenvalue weighted by atomic mass is 10.1. The number of nitrogens with zero attached hydrogens (tertiary/aromatic N) is 4. The van der Waals surface area contributed by atoms with Gasteiger partial charge in [-0.05, 0) is 43.3 Å². The Morgan fingerprint density at radius 2 is 1.84 bits per heavy atom. The molecule has 0 radical (unpaired) electrons. The number of ether oxygens (including phenoxy) is 2. The van der Waals surface area contributed by atoms with Crippen molar-refractivity contribution in [2.24, 2.45) is 0 Å². The van der Waals surface area contributed by atoms with Crippen molar-refractivity contribution in [2.75, 3.05) is 12.4 Å². The normalized spacial score (nSPS) is 11.2. The summed E-state index contributed by atoms with van der Waals surface area (Å²) in [6.07, 6.45) is -0.760. The number of anilines is 1. The van der Waals surface area contributed by atoms with Crippen molar-refractivity contribution in [2.45, 2.75) is 26.4 Å². The molecule has 11 heteroatoms. The average molecular weight is 509 g/mol. The number of hydrogen-bond donors (Lipinski definition) is 1. The summed E-state index contributed by atoms with van der Waals surface area (Å²) >= 11 is 0. The maximum absolute atomic E-state index is 13.2. The van der Waals surface area contributed by atoms with Crippen LogP contribution in [0.3, 0.4) is 0 Å². The van der Waals surface area contributed by atoms with Gasteiger partial charge in [-0.1, -0.05) is 6.92 Å². The number of carbonyl (C=O) groups excluding carboxylic acids is 1. The number of aryl methyl sites for hydroxylation is 2. The Labute approximate surface area is 210 Å². The van der Waals surface area contributed by atoms with Gasteiger partial charge in [0, 0.05) is 47.9 Å². The fraction of sp³-hybridized carbons (Fsp3) is 0.192. The summed E-state index contributed by atoms with van der Waals surface area (Å²) in [6.45, 7) is 3.60. The third kappa shape index (κ3) is 6.18. The SMILES string of the molecule is CCc1nccc(-c2cccnc2Oc2cc(C(=O)Nc3cc(OC)cc(C(F)(F)F)c3)cc(C)n2)n1. The van der Waals surface area contributed by atoms with Gasteiger partial charge in [-0.2, -0.15) is 13.2 Å². The Morgan fingerprint density at radius 1 is 1.03 bits per heavy atom. The molecule has 0 aliphatic heterocycles. The van der Waals surface area contributed by atoms with Crippen molar-refractivity contribution in [3.8, 4) is 28.8 Å². The summed E-state index contributed by atoms with van der Waals surface area (Å²) in [5, 5.41) is 2.48.